The van der Waals surface area contributed by atoms with Crippen LogP contribution < -0.4 is 5.32 Å². The fraction of sp³-hybridized carbons (Fsp3) is 0.625. The third-order valence-corrected chi connectivity index (χ3v) is 3.69. The molecule has 1 N–H and O–H groups in total. The molecule has 0 bridgehead atoms. The first-order valence-corrected chi connectivity index (χ1v) is 7.33. The van der Waals surface area contributed by atoms with E-state index >= 15 is 0 Å². The van der Waals surface area contributed by atoms with E-state index in [9.17, 15) is 0 Å². The number of nitrogens with zero attached hydrogens (tertiary/aromatic N) is 1. The van der Waals surface area contributed by atoms with Gasteiger partial charge in [0.25, 0.3) is 0 Å². The summed E-state index contributed by atoms with van der Waals surface area (Å²) in [6.45, 7) is 8.26. The SMILES string of the molecule is Cc1cccc(CNCCCCN2CCCC2)c1. The van der Waals surface area contributed by atoms with Gasteiger partial charge in [-0.15, -0.1) is 0 Å². The van der Waals surface area contributed by atoms with Gasteiger partial charge in [0.05, 0.1) is 0 Å². The van der Waals surface area contributed by atoms with Crippen molar-refractivity contribution in [1.29, 1.82) is 0 Å². The van der Waals surface area contributed by atoms with Gasteiger partial charge < -0.3 is 10.2 Å². The standard InChI is InChI=1S/C16H26N2/c1-15-7-6-8-16(13-15)14-17-9-2-3-10-18-11-4-5-12-18/h6-8,13,17H,2-5,9-12,14H2,1H3. The molecule has 1 aromatic carbocycles. The van der Waals surface area contributed by atoms with Gasteiger partial charge in [0.2, 0.25) is 0 Å². The summed E-state index contributed by atoms with van der Waals surface area (Å²) in [6.07, 6.45) is 5.44. The lowest BCUT2D eigenvalue weighted by Gasteiger charge is -2.14. The number of hydrogen-bond acceptors (Lipinski definition) is 2. The largest absolute Gasteiger partial charge is 0.313 e. The van der Waals surface area contributed by atoms with Gasteiger partial charge in [0, 0.05) is 6.54 Å². The summed E-state index contributed by atoms with van der Waals surface area (Å²) in [5, 5.41) is 3.54. The average molecular weight is 246 g/mol. The van der Waals surface area contributed by atoms with E-state index in [1.165, 1.54) is 56.4 Å². The maximum Gasteiger partial charge on any atom is 0.0205 e. The molecule has 0 aliphatic carbocycles. The van der Waals surface area contributed by atoms with E-state index in [4.69, 9.17) is 0 Å². The summed E-state index contributed by atoms with van der Waals surface area (Å²) in [5.41, 5.74) is 2.75. The number of aryl methyl sites for hydroxylation is 1. The zero-order valence-corrected chi connectivity index (χ0v) is 11.6. The molecule has 1 fully saturated rings. The number of rotatable bonds is 7. The molecule has 0 atom stereocenters. The molecule has 2 rings (SSSR count). The Morgan fingerprint density at radius 3 is 2.78 bits per heavy atom. The van der Waals surface area contributed by atoms with Crippen LogP contribution in [0.2, 0.25) is 0 Å². The van der Waals surface area contributed by atoms with Gasteiger partial charge in [0.15, 0.2) is 0 Å². The number of nitrogens with one attached hydrogen (secondary N) is 1. The highest BCUT2D eigenvalue weighted by Gasteiger charge is 2.09. The van der Waals surface area contributed by atoms with E-state index < -0.39 is 0 Å². The molecular formula is C16H26N2. The van der Waals surface area contributed by atoms with E-state index in [1.54, 1.807) is 0 Å². The van der Waals surface area contributed by atoms with Crippen molar-refractivity contribution in [2.75, 3.05) is 26.2 Å². The van der Waals surface area contributed by atoms with Crippen LogP contribution in [0.15, 0.2) is 24.3 Å². The lowest BCUT2D eigenvalue weighted by atomic mass is 10.1. The maximum absolute atomic E-state index is 3.54. The predicted molar refractivity (Wildman–Crippen MR) is 77.8 cm³/mol. The molecule has 100 valence electrons. The lowest BCUT2D eigenvalue weighted by Crippen LogP contribution is -2.22. The molecular weight excluding hydrogens is 220 g/mol. The van der Waals surface area contributed by atoms with E-state index in [0.717, 1.165) is 13.1 Å². The molecule has 1 aliphatic rings. The molecule has 0 amide bonds. The Bertz CT molecular complexity index is 343. The smallest absolute Gasteiger partial charge is 0.0205 e. The molecule has 1 heterocycles. The van der Waals surface area contributed by atoms with E-state index in [-0.39, 0.29) is 0 Å². The van der Waals surface area contributed by atoms with Gasteiger partial charge >= 0.3 is 0 Å². The normalized spacial score (nSPS) is 16.3. The molecule has 0 aromatic heterocycles. The summed E-state index contributed by atoms with van der Waals surface area (Å²) < 4.78 is 0. The van der Waals surface area contributed by atoms with Crippen LogP contribution in [0.4, 0.5) is 0 Å². The molecule has 18 heavy (non-hydrogen) atoms. The highest BCUT2D eigenvalue weighted by Crippen LogP contribution is 2.08. The van der Waals surface area contributed by atoms with Crippen molar-refractivity contribution in [2.45, 2.75) is 39.2 Å². The van der Waals surface area contributed by atoms with Crippen LogP contribution >= 0.6 is 0 Å². The van der Waals surface area contributed by atoms with Crippen molar-refractivity contribution in [2.24, 2.45) is 0 Å². The van der Waals surface area contributed by atoms with Crippen molar-refractivity contribution in [3.8, 4) is 0 Å². The van der Waals surface area contributed by atoms with Crippen molar-refractivity contribution in [3.63, 3.8) is 0 Å². The molecule has 0 spiro atoms. The summed E-state index contributed by atoms with van der Waals surface area (Å²) in [4.78, 5) is 2.60. The quantitative estimate of drug-likeness (QED) is 0.744. The Labute approximate surface area is 111 Å². The van der Waals surface area contributed by atoms with Crippen molar-refractivity contribution in [1.82, 2.24) is 10.2 Å². The topological polar surface area (TPSA) is 15.3 Å². The number of hydrogen-bond donors (Lipinski definition) is 1. The molecule has 1 aromatic rings. The second kappa shape index (κ2) is 7.55. The minimum Gasteiger partial charge on any atom is -0.313 e. The fourth-order valence-corrected chi connectivity index (χ4v) is 2.65. The van der Waals surface area contributed by atoms with Crippen LogP contribution in [0.25, 0.3) is 0 Å². The zero-order valence-electron chi connectivity index (χ0n) is 11.6. The molecule has 0 unspecified atom stereocenters. The van der Waals surface area contributed by atoms with Gasteiger partial charge in [-0.3, -0.25) is 0 Å². The minimum atomic E-state index is 1.01. The van der Waals surface area contributed by atoms with Crippen molar-refractivity contribution >= 4 is 0 Å². The monoisotopic (exact) mass is 246 g/mol. The van der Waals surface area contributed by atoms with Crippen LogP contribution in [-0.2, 0) is 6.54 Å². The first-order chi connectivity index (χ1) is 8.84. The van der Waals surface area contributed by atoms with Crippen LogP contribution in [0, 0.1) is 6.92 Å². The van der Waals surface area contributed by atoms with Crippen molar-refractivity contribution in [3.05, 3.63) is 35.4 Å². The number of unbranched alkanes of at least 4 members (excludes halogenated alkanes) is 1. The first kappa shape index (κ1) is 13.6. The summed E-state index contributed by atoms with van der Waals surface area (Å²) in [5.74, 6) is 0. The van der Waals surface area contributed by atoms with E-state index in [0.29, 0.717) is 0 Å². The molecule has 2 nitrogen and oxygen atoms in total. The highest BCUT2D eigenvalue weighted by atomic mass is 15.1. The van der Waals surface area contributed by atoms with Gasteiger partial charge in [-0.05, 0) is 64.3 Å². The molecule has 1 saturated heterocycles. The van der Waals surface area contributed by atoms with Crippen LogP contribution in [0.5, 0.6) is 0 Å². The summed E-state index contributed by atoms with van der Waals surface area (Å²) in [7, 11) is 0. The predicted octanol–water partition coefficient (Wildman–Crippen LogP) is 2.96. The van der Waals surface area contributed by atoms with Gasteiger partial charge in [0.1, 0.15) is 0 Å². The fourth-order valence-electron chi connectivity index (χ4n) is 2.65. The Kier molecular flexibility index (Phi) is 5.69. The minimum absolute atomic E-state index is 1.01. The second-order valence-electron chi connectivity index (χ2n) is 5.42. The molecule has 0 radical (unpaired) electrons. The Morgan fingerprint density at radius 2 is 2.00 bits per heavy atom. The maximum atomic E-state index is 3.54. The highest BCUT2D eigenvalue weighted by molar-refractivity contribution is 5.21. The van der Waals surface area contributed by atoms with Gasteiger partial charge in [-0.2, -0.15) is 0 Å². The lowest BCUT2D eigenvalue weighted by molar-refractivity contribution is 0.329. The third kappa shape index (κ3) is 4.79. The Hall–Kier alpha value is -0.860. The molecule has 2 heteroatoms. The third-order valence-electron chi connectivity index (χ3n) is 3.69. The van der Waals surface area contributed by atoms with Crippen LogP contribution in [-0.4, -0.2) is 31.1 Å². The first-order valence-electron chi connectivity index (χ1n) is 7.33. The van der Waals surface area contributed by atoms with Crippen molar-refractivity contribution < 1.29 is 0 Å². The van der Waals surface area contributed by atoms with Gasteiger partial charge in [-0.1, -0.05) is 29.8 Å². The number of likely N-dealkylation sites (tertiary alicyclic amines) is 1. The zero-order chi connectivity index (χ0) is 12.6. The summed E-state index contributed by atoms with van der Waals surface area (Å²) in [6, 6.07) is 8.75. The Balaban J connectivity index is 1.50. The average Bonchev–Trinajstić information content (AvgIpc) is 2.87. The molecule has 0 saturated carbocycles. The van der Waals surface area contributed by atoms with Crippen LogP contribution in [0.1, 0.15) is 36.8 Å². The second-order valence-corrected chi connectivity index (χ2v) is 5.42. The van der Waals surface area contributed by atoms with Crippen LogP contribution in [0.3, 0.4) is 0 Å². The molecule has 1 aliphatic heterocycles. The van der Waals surface area contributed by atoms with E-state index in [2.05, 4.69) is 41.4 Å². The number of benzene rings is 1. The Morgan fingerprint density at radius 1 is 1.17 bits per heavy atom. The van der Waals surface area contributed by atoms with E-state index in [1.807, 2.05) is 0 Å². The van der Waals surface area contributed by atoms with Gasteiger partial charge in [-0.25, -0.2) is 0 Å². The summed E-state index contributed by atoms with van der Waals surface area (Å²) >= 11 is 0.